The number of nitrogens with one attached hydrogen (secondary N) is 1. The topological polar surface area (TPSA) is 92.5 Å². The van der Waals surface area contributed by atoms with E-state index in [9.17, 15) is 5.21 Å². The van der Waals surface area contributed by atoms with E-state index in [1.807, 2.05) is 6.07 Å². The lowest BCUT2D eigenvalue weighted by atomic mass is 10.3. The van der Waals surface area contributed by atoms with Crippen LogP contribution in [-0.4, -0.2) is 34.9 Å². The van der Waals surface area contributed by atoms with Gasteiger partial charge in [0.15, 0.2) is 11.5 Å². The normalized spacial score (nSPS) is 10.6. The third-order valence-corrected chi connectivity index (χ3v) is 3.45. The molecule has 7 nitrogen and oxygen atoms in total. The molecule has 0 fully saturated rings. The van der Waals surface area contributed by atoms with Gasteiger partial charge in [0.05, 0.1) is 18.0 Å². The summed E-state index contributed by atoms with van der Waals surface area (Å²) in [6.45, 7) is 0. The van der Waals surface area contributed by atoms with E-state index in [-0.39, 0.29) is 0 Å². The molecule has 0 saturated heterocycles. The van der Waals surface area contributed by atoms with Gasteiger partial charge in [0, 0.05) is 15.1 Å². The lowest BCUT2D eigenvalue weighted by molar-refractivity contribution is 0.186. The van der Waals surface area contributed by atoms with Crippen LogP contribution in [0, 0.1) is 0 Å². The van der Waals surface area contributed by atoms with E-state index in [4.69, 9.17) is 0 Å². The summed E-state index contributed by atoms with van der Waals surface area (Å²) in [5, 5.41) is 9.23. The Labute approximate surface area is 135 Å². The number of halogens is 2. The first-order chi connectivity index (χ1) is 10.1. The fourth-order valence-corrected chi connectivity index (χ4v) is 2.44. The predicted octanol–water partition coefficient (Wildman–Crippen LogP) is 3.10. The first kappa shape index (κ1) is 14.0. The van der Waals surface area contributed by atoms with Gasteiger partial charge in [0.25, 0.3) is 0 Å². The van der Waals surface area contributed by atoms with Crippen molar-refractivity contribution < 1.29 is 5.21 Å². The molecule has 9 heteroatoms. The molecule has 0 atom stereocenters. The van der Waals surface area contributed by atoms with Crippen LogP contribution in [-0.2, 0) is 0 Å². The number of aromatic nitrogens is 6. The third kappa shape index (κ3) is 3.03. The summed E-state index contributed by atoms with van der Waals surface area (Å²) >= 11 is 6.53. The zero-order valence-corrected chi connectivity index (χ0v) is 13.6. The number of fused-ring (bicyclic) bond motifs is 2. The van der Waals surface area contributed by atoms with Crippen molar-refractivity contribution in [3.63, 3.8) is 0 Å². The minimum Gasteiger partial charge on any atom is -0.427 e. The molecule has 0 spiro atoms. The van der Waals surface area contributed by atoms with E-state index in [1.54, 1.807) is 18.6 Å². The van der Waals surface area contributed by atoms with Crippen LogP contribution in [0.25, 0.3) is 22.7 Å². The molecular formula is C12H8Br2N6O. The molecule has 0 aromatic carbocycles. The lowest BCUT2D eigenvalue weighted by Gasteiger charge is -2.02. The van der Waals surface area contributed by atoms with Gasteiger partial charge in [0.1, 0.15) is 12.0 Å². The Morgan fingerprint density at radius 2 is 1.90 bits per heavy atom. The Morgan fingerprint density at radius 1 is 1.05 bits per heavy atom. The molecular weight excluding hydrogens is 404 g/mol. The molecule has 106 valence electrons. The first-order valence-corrected chi connectivity index (χ1v) is 7.34. The first-order valence-electron chi connectivity index (χ1n) is 5.76. The maximum absolute atomic E-state index is 9.23. The molecule has 2 aromatic rings. The van der Waals surface area contributed by atoms with Crippen LogP contribution in [0.2, 0.25) is 0 Å². The van der Waals surface area contributed by atoms with Crippen LogP contribution in [0.1, 0.15) is 0 Å². The van der Waals surface area contributed by atoms with Gasteiger partial charge >= 0.3 is 0 Å². The summed E-state index contributed by atoms with van der Waals surface area (Å²) in [5.41, 5.74) is 2.37. The molecule has 2 N–H and O–H groups in total. The maximum Gasteiger partial charge on any atom is 0.195 e. The van der Waals surface area contributed by atoms with Gasteiger partial charge in [-0.05, 0) is 44.0 Å². The Balaban J connectivity index is 0.000000126. The number of H-pyrrole nitrogens is 1. The zero-order valence-electron chi connectivity index (χ0n) is 10.4. The monoisotopic (exact) mass is 410 g/mol. The molecule has 21 heavy (non-hydrogen) atoms. The Kier molecular flexibility index (Phi) is 3.84. The summed E-state index contributed by atoms with van der Waals surface area (Å²) < 4.78 is 2.67. The molecule has 0 amide bonds. The molecule has 2 aromatic heterocycles. The van der Waals surface area contributed by atoms with Gasteiger partial charge < -0.3 is 10.2 Å². The number of nitrogens with zero attached hydrogens (tertiary/aromatic N) is 5. The molecule has 0 aliphatic carbocycles. The minimum absolute atomic E-state index is 0.466. The Bertz CT molecular complexity index is 858. The van der Waals surface area contributed by atoms with Gasteiger partial charge in [-0.1, -0.05) is 0 Å². The summed E-state index contributed by atoms with van der Waals surface area (Å²) in [6, 6.07) is 3.73. The van der Waals surface area contributed by atoms with E-state index < -0.39 is 0 Å². The van der Waals surface area contributed by atoms with Gasteiger partial charge in [0.2, 0.25) is 0 Å². The minimum atomic E-state index is 0.466. The Hall–Kier alpha value is -2.00. The summed E-state index contributed by atoms with van der Waals surface area (Å²) in [4.78, 5) is 18.7. The van der Waals surface area contributed by atoms with Crippen LogP contribution in [0.5, 0.6) is 0 Å². The van der Waals surface area contributed by atoms with Crippen molar-refractivity contribution in [3.8, 4) is 11.5 Å². The molecule has 0 bridgehead atoms. The van der Waals surface area contributed by atoms with Crippen molar-refractivity contribution in [2.24, 2.45) is 0 Å². The van der Waals surface area contributed by atoms with Crippen LogP contribution in [0.3, 0.4) is 0 Å². The van der Waals surface area contributed by atoms with Gasteiger partial charge in [-0.15, -0.1) is 0 Å². The zero-order chi connectivity index (χ0) is 14.8. The second kappa shape index (κ2) is 5.78. The van der Waals surface area contributed by atoms with Crippen LogP contribution in [0.4, 0.5) is 0 Å². The molecule has 2 aliphatic heterocycles. The van der Waals surface area contributed by atoms with Crippen molar-refractivity contribution in [1.82, 2.24) is 29.7 Å². The van der Waals surface area contributed by atoms with Crippen LogP contribution < -0.4 is 0 Å². The second-order valence-corrected chi connectivity index (χ2v) is 5.84. The molecule has 4 rings (SSSR count). The van der Waals surface area contributed by atoms with E-state index in [0.717, 1.165) is 24.8 Å². The standard InChI is InChI=1S/C6H4BrN3O.C6H4BrN3/c7-4-1-5-6(9-3-8-5)10(11)2-4;7-4-1-5-6(8-2-4)10-3-9-5/h1-3,11H;1-3H,(H,8,9,10). The highest BCUT2D eigenvalue weighted by Crippen LogP contribution is 2.20. The largest absolute Gasteiger partial charge is 0.427 e. The van der Waals surface area contributed by atoms with E-state index in [1.165, 1.54) is 12.5 Å². The highest BCUT2D eigenvalue weighted by atomic mass is 79.9. The molecule has 0 unspecified atom stereocenters. The highest BCUT2D eigenvalue weighted by molar-refractivity contribution is 9.10. The van der Waals surface area contributed by atoms with Crippen molar-refractivity contribution >= 4 is 43.0 Å². The number of imidazole rings is 2. The predicted molar refractivity (Wildman–Crippen MR) is 83.1 cm³/mol. The average Bonchev–Trinajstić information content (AvgIpc) is 3.06. The van der Waals surface area contributed by atoms with Crippen LogP contribution >= 0.6 is 31.9 Å². The molecule has 4 heterocycles. The highest BCUT2D eigenvalue weighted by Gasteiger charge is 2.09. The van der Waals surface area contributed by atoms with Crippen molar-refractivity contribution in [2.75, 3.05) is 0 Å². The summed E-state index contributed by atoms with van der Waals surface area (Å²) in [7, 11) is 0. The number of pyridine rings is 2. The third-order valence-electron chi connectivity index (χ3n) is 2.58. The number of rotatable bonds is 0. The fourth-order valence-electron chi connectivity index (χ4n) is 1.70. The van der Waals surface area contributed by atoms with E-state index in [2.05, 4.69) is 56.8 Å². The average molecular weight is 412 g/mol. The number of hydrogen-bond acceptors (Lipinski definition) is 5. The number of aromatic amines is 1. The number of hydrogen-bond donors (Lipinski definition) is 2. The van der Waals surface area contributed by atoms with Gasteiger partial charge in [-0.2, -0.15) is 4.73 Å². The van der Waals surface area contributed by atoms with Crippen molar-refractivity contribution in [1.29, 1.82) is 0 Å². The van der Waals surface area contributed by atoms with Crippen LogP contribution in [0.15, 0.2) is 46.1 Å². The molecule has 0 radical (unpaired) electrons. The van der Waals surface area contributed by atoms with E-state index >= 15 is 0 Å². The smallest absolute Gasteiger partial charge is 0.195 e. The molecule has 2 aliphatic rings. The summed E-state index contributed by atoms with van der Waals surface area (Å²) in [5.74, 6) is 0.466. The van der Waals surface area contributed by atoms with Gasteiger partial charge in [-0.25, -0.2) is 19.9 Å². The fraction of sp³-hybridized carbons (Fsp3) is 0. The lowest BCUT2D eigenvalue weighted by Crippen LogP contribution is -1.98. The summed E-state index contributed by atoms with van der Waals surface area (Å²) in [6.07, 6.45) is 6.27. The van der Waals surface area contributed by atoms with E-state index in [0.29, 0.717) is 11.5 Å². The molecule has 0 saturated carbocycles. The second-order valence-electron chi connectivity index (χ2n) is 4.01. The quantitative estimate of drug-likeness (QED) is 0.433. The van der Waals surface area contributed by atoms with Gasteiger partial charge in [-0.3, -0.25) is 0 Å². The SMILES string of the molecule is Brc1cnc2nc[nH]c2c1.On1cc(Br)cc2ncnc1-2. The maximum atomic E-state index is 9.23. The van der Waals surface area contributed by atoms with Crippen molar-refractivity contribution in [2.45, 2.75) is 0 Å². The Morgan fingerprint density at radius 3 is 2.76 bits per heavy atom. The van der Waals surface area contributed by atoms with Crippen molar-refractivity contribution in [3.05, 3.63) is 46.1 Å².